The molecule has 2 atom stereocenters. The average molecular weight is 278 g/mol. The maximum Gasteiger partial charge on any atom is 0.488 e. The summed E-state index contributed by atoms with van der Waals surface area (Å²) in [5.41, 5.74) is 1.32. The maximum atomic E-state index is 9.24. The summed E-state index contributed by atoms with van der Waals surface area (Å²) in [5.74, 6) is 1.30. The van der Waals surface area contributed by atoms with Crippen LogP contribution in [0.1, 0.15) is 38.2 Å². The molecule has 2 rings (SSSR count). The van der Waals surface area contributed by atoms with Crippen LogP contribution >= 0.6 is 0 Å². The second-order valence-electron chi connectivity index (χ2n) is 5.56. The molecule has 2 unspecified atom stereocenters. The van der Waals surface area contributed by atoms with Crippen LogP contribution in [0.4, 0.5) is 0 Å². The first-order valence-electron chi connectivity index (χ1n) is 7.26. The fourth-order valence-corrected chi connectivity index (χ4v) is 2.80. The van der Waals surface area contributed by atoms with Crippen LogP contribution in [0.5, 0.6) is 5.75 Å². The molecule has 0 saturated heterocycles. The Hall–Kier alpha value is -1.04. The van der Waals surface area contributed by atoms with E-state index in [0.717, 1.165) is 17.7 Å². The van der Waals surface area contributed by atoms with Gasteiger partial charge in [0.1, 0.15) is 5.75 Å². The lowest BCUT2D eigenvalue weighted by Gasteiger charge is -2.29. The van der Waals surface area contributed by atoms with Crippen molar-refractivity contribution in [2.24, 2.45) is 5.92 Å². The predicted octanol–water partition coefficient (Wildman–Crippen LogP) is 1.47. The molecular formula is C15H23BO4. The van der Waals surface area contributed by atoms with Crippen molar-refractivity contribution in [2.75, 3.05) is 7.11 Å². The van der Waals surface area contributed by atoms with E-state index in [0.29, 0.717) is 18.0 Å². The van der Waals surface area contributed by atoms with Gasteiger partial charge in [-0.25, -0.2) is 0 Å². The minimum Gasteiger partial charge on any atom is -0.496 e. The largest absolute Gasteiger partial charge is 0.496 e. The van der Waals surface area contributed by atoms with Crippen LogP contribution in [0.25, 0.3) is 0 Å². The SMILES string of the molecule is COc1ccc(B(O)O)cc1COC1CCCCC1C. The highest BCUT2D eigenvalue weighted by Crippen LogP contribution is 2.28. The van der Waals surface area contributed by atoms with Crippen LogP contribution in [-0.2, 0) is 11.3 Å². The van der Waals surface area contributed by atoms with E-state index in [4.69, 9.17) is 9.47 Å². The van der Waals surface area contributed by atoms with Crippen LogP contribution in [-0.4, -0.2) is 30.4 Å². The van der Waals surface area contributed by atoms with Crippen LogP contribution in [0, 0.1) is 5.92 Å². The molecule has 1 aliphatic rings. The van der Waals surface area contributed by atoms with E-state index < -0.39 is 7.12 Å². The first-order chi connectivity index (χ1) is 9.61. The Morgan fingerprint density at radius 3 is 2.65 bits per heavy atom. The molecule has 0 radical (unpaired) electrons. The Kier molecular flexibility index (Phi) is 5.46. The van der Waals surface area contributed by atoms with Crippen molar-refractivity contribution in [3.8, 4) is 5.75 Å². The van der Waals surface area contributed by atoms with Crippen molar-refractivity contribution in [2.45, 2.75) is 45.3 Å². The molecule has 20 heavy (non-hydrogen) atoms. The molecule has 1 fully saturated rings. The number of methoxy groups -OCH3 is 1. The predicted molar refractivity (Wildman–Crippen MR) is 79.0 cm³/mol. The van der Waals surface area contributed by atoms with Gasteiger partial charge in [-0.15, -0.1) is 0 Å². The molecule has 110 valence electrons. The molecule has 0 spiro atoms. The lowest BCUT2D eigenvalue weighted by molar-refractivity contribution is -0.0160. The quantitative estimate of drug-likeness (QED) is 0.801. The molecular weight excluding hydrogens is 255 g/mol. The van der Waals surface area contributed by atoms with Gasteiger partial charge in [-0.2, -0.15) is 0 Å². The lowest BCUT2D eigenvalue weighted by Crippen LogP contribution is -2.30. The van der Waals surface area contributed by atoms with E-state index in [1.54, 1.807) is 25.3 Å². The van der Waals surface area contributed by atoms with E-state index in [1.165, 1.54) is 19.3 Å². The van der Waals surface area contributed by atoms with Crippen LogP contribution in [0.2, 0.25) is 0 Å². The van der Waals surface area contributed by atoms with Gasteiger partial charge in [0.25, 0.3) is 0 Å². The van der Waals surface area contributed by atoms with E-state index in [9.17, 15) is 10.0 Å². The highest BCUT2D eigenvalue weighted by atomic mass is 16.5. The molecule has 0 aromatic heterocycles. The number of ether oxygens (including phenoxy) is 2. The van der Waals surface area contributed by atoms with E-state index in [2.05, 4.69) is 6.92 Å². The molecule has 0 heterocycles. The zero-order valence-corrected chi connectivity index (χ0v) is 12.2. The summed E-state index contributed by atoms with van der Waals surface area (Å²) in [4.78, 5) is 0. The standard InChI is InChI=1S/C15H23BO4/c1-11-5-3-4-6-14(11)20-10-12-9-13(16(17)18)7-8-15(12)19-2/h7-9,11,14,17-18H,3-6,10H2,1-2H3. The van der Waals surface area contributed by atoms with E-state index in [-0.39, 0.29) is 6.10 Å². The zero-order valence-electron chi connectivity index (χ0n) is 12.2. The fourth-order valence-electron chi connectivity index (χ4n) is 2.80. The van der Waals surface area contributed by atoms with Crippen molar-refractivity contribution in [3.63, 3.8) is 0 Å². The third-order valence-corrected chi connectivity index (χ3v) is 4.09. The molecule has 1 aliphatic carbocycles. The van der Waals surface area contributed by atoms with Crippen molar-refractivity contribution in [3.05, 3.63) is 23.8 Å². The Bertz CT molecular complexity index is 436. The average Bonchev–Trinajstić information content (AvgIpc) is 2.46. The van der Waals surface area contributed by atoms with Gasteiger partial charge < -0.3 is 19.5 Å². The summed E-state index contributed by atoms with van der Waals surface area (Å²) >= 11 is 0. The van der Waals surface area contributed by atoms with Crippen LogP contribution in [0.3, 0.4) is 0 Å². The summed E-state index contributed by atoms with van der Waals surface area (Å²) in [6.45, 7) is 2.67. The van der Waals surface area contributed by atoms with Gasteiger partial charge in [-0.05, 0) is 30.3 Å². The third-order valence-electron chi connectivity index (χ3n) is 4.09. The second-order valence-corrected chi connectivity index (χ2v) is 5.56. The molecule has 1 saturated carbocycles. The molecule has 1 aromatic carbocycles. The topological polar surface area (TPSA) is 58.9 Å². The smallest absolute Gasteiger partial charge is 0.488 e. The Balaban J connectivity index is 2.05. The van der Waals surface area contributed by atoms with Gasteiger partial charge in [0.15, 0.2) is 0 Å². The molecule has 0 amide bonds. The maximum absolute atomic E-state index is 9.24. The summed E-state index contributed by atoms with van der Waals surface area (Å²) < 4.78 is 11.3. The van der Waals surface area contributed by atoms with E-state index in [1.807, 2.05) is 0 Å². The number of hydrogen-bond acceptors (Lipinski definition) is 4. The second kappa shape index (κ2) is 7.11. The van der Waals surface area contributed by atoms with Gasteiger partial charge in [-0.3, -0.25) is 0 Å². The summed E-state index contributed by atoms with van der Waals surface area (Å²) in [6, 6.07) is 5.13. The van der Waals surface area contributed by atoms with Gasteiger partial charge in [0.2, 0.25) is 0 Å². The normalized spacial score (nSPS) is 22.6. The van der Waals surface area contributed by atoms with Gasteiger partial charge in [-0.1, -0.05) is 31.9 Å². The number of benzene rings is 1. The first kappa shape index (κ1) is 15.4. The molecule has 2 N–H and O–H groups in total. The monoisotopic (exact) mass is 278 g/mol. The Morgan fingerprint density at radius 1 is 1.25 bits per heavy atom. The highest BCUT2D eigenvalue weighted by Gasteiger charge is 2.22. The minimum atomic E-state index is -1.46. The molecule has 4 nitrogen and oxygen atoms in total. The number of hydrogen-bond donors (Lipinski definition) is 2. The highest BCUT2D eigenvalue weighted by molar-refractivity contribution is 6.58. The molecule has 0 aliphatic heterocycles. The third kappa shape index (κ3) is 3.75. The van der Waals surface area contributed by atoms with Crippen molar-refractivity contribution < 1.29 is 19.5 Å². The van der Waals surface area contributed by atoms with E-state index >= 15 is 0 Å². The van der Waals surface area contributed by atoms with Crippen molar-refractivity contribution in [1.82, 2.24) is 0 Å². The number of rotatable bonds is 5. The fraction of sp³-hybridized carbons (Fsp3) is 0.600. The van der Waals surface area contributed by atoms with Gasteiger partial charge in [0, 0.05) is 5.56 Å². The summed E-state index contributed by atoms with van der Waals surface area (Å²) in [6.07, 6.45) is 5.12. The zero-order chi connectivity index (χ0) is 14.5. The van der Waals surface area contributed by atoms with Crippen LogP contribution in [0.15, 0.2) is 18.2 Å². The Labute approximate surface area is 120 Å². The lowest BCUT2D eigenvalue weighted by atomic mass is 9.79. The molecule has 0 bridgehead atoms. The first-order valence-corrected chi connectivity index (χ1v) is 7.26. The molecule has 5 heteroatoms. The Morgan fingerprint density at radius 2 is 2.00 bits per heavy atom. The van der Waals surface area contributed by atoms with Gasteiger partial charge in [0.05, 0.1) is 19.8 Å². The minimum absolute atomic E-state index is 0.288. The summed E-state index contributed by atoms with van der Waals surface area (Å²) in [5, 5.41) is 18.5. The van der Waals surface area contributed by atoms with Crippen LogP contribution < -0.4 is 10.2 Å². The van der Waals surface area contributed by atoms with Crippen molar-refractivity contribution >= 4 is 12.6 Å². The van der Waals surface area contributed by atoms with Gasteiger partial charge >= 0.3 is 7.12 Å². The van der Waals surface area contributed by atoms with Crippen molar-refractivity contribution in [1.29, 1.82) is 0 Å². The molecule has 1 aromatic rings. The summed E-state index contributed by atoms with van der Waals surface area (Å²) in [7, 11) is 0.144.